The first-order chi connectivity index (χ1) is 10.8. The first-order valence-corrected chi connectivity index (χ1v) is 9.66. The van der Waals surface area contributed by atoms with Gasteiger partial charge < -0.3 is 4.74 Å². The molecule has 1 saturated heterocycles. The number of carbonyl (C=O) groups excluding carboxylic acids is 1. The van der Waals surface area contributed by atoms with Crippen LogP contribution in [0.3, 0.4) is 0 Å². The van der Waals surface area contributed by atoms with E-state index in [0.717, 1.165) is 42.9 Å². The second kappa shape index (κ2) is 9.58. The summed E-state index contributed by atoms with van der Waals surface area (Å²) in [7, 11) is 0. The lowest BCUT2D eigenvalue weighted by Crippen LogP contribution is -2.11. The van der Waals surface area contributed by atoms with Gasteiger partial charge in [0.2, 0.25) is 0 Å². The average molecular weight is 383 g/mol. The average Bonchev–Trinajstić information content (AvgIpc) is 3.17. The number of carbonyl (C=O) groups is 1. The summed E-state index contributed by atoms with van der Waals surface area (Å²) in [4.78, 5) is 10.9. The highest BCUT2D eigenvalue weighted by Crippen LogP contribution is 2.41. The Morgan fingerprint density at radius 1 is 1.22 bits per heavy atom. The zero-order valence-corrected chi connectivity index (χ0v) is 16.8. The highest BCUT2D eigenvalue weighted by molar-refractivity contribution is 9.09. The van der Waals surface area contributed by atoms with Crippen molar-refractivity contribution in [1.29, 1.82) is 0 Å². The third-order valence-corrected chi connectivity index (χ3v) is 5.61. The summed E-state index contributed by atoms with van der Waals surface area (Å²) in [6.07, 6.45) is 12.0. The molecule has 0 aromatic carbocycles. The molecule has 1 fully saturated rings. The molecule has 0 aromatic heterocycles. The third-order valence-electron chi connectivity index (χ3n) is 4.50. The molecular formula is C20H31BrO2. The van der Waals surface area contributed by atoms with Gasteiger partial charge in [0, 0.05) is 5.33 Å². The number of hydrogen-bond acceptors (Lipinski definition) is 2. The van der Waals surface area contributed by atoms with E-state index in [1.807, 2.05) is 19.9 Å². The van der Waals surface area contributed by atoms with E-state index in [4.69, 9.17) is 4.74 Å². The molecule has 1 aliphatic heterocycles. The molecule has 3 heteroatoms. The third kappa shape index (κ3) is 7.17. The van der Waals surface area contributed by atoms with Crippen LogP contribution in [0.15, 0.2) is 34.9 Å². The maximum absolute atomic E-state index is 10.9. The summed E-state index contributed by atoms with van der Waals surface area (Å²) in [6.45, 7) is 10.6. The molecule has 0 aliphatic carbocycles. The van der Waals surface area contributed by atoms with Crippen molar-refractivity contribution in [3.63, 3.8) is 0 Å². The normalized spacial score (nSPS) is 25.9. The maximum Gasteiger partial charge on any atom is 0.146 e. The maximum atomic E-state index is 10.9. The summed E-state index contributed by atoms with van der Waals surface area (Å²) in [5.41, 5.74) is 3.68. The molecule has 0 spiro atoms. The Labute approximate surface area is 150 Å². The van der Waals surface area contributed by atoms with E-state index >= 15 is 0 Å². The van der Waals surface area contributed by atoms with Crippen molar-refractivity contribution in [2.45, 2.75) is 72.0 Å². The van der Waals surface area contributed by atoms with Gasteiger partial charge in [-0.1, -0.05) is 59.2 Å². The van der Waals surface area contributed by atoms with E-state index in [0.29, 0.717) is 6.10 Å². The van der Waals surface area contributed by atoms with E-state index < -0.39 is 0 Å². The molecule has 0 aromatic rings. The lowest BCUT2D eigenvalue weighted by molar-refractivity contribution is -0.105. The van der Waals surface area contributed by atoms with Gasteiger partial charge in [-0.05, 0) is 57.9 Å². The van der Waals surface area contributed by atoms with Crippen LogP contribution < -0.4 is 0 Å². The predicted molar refractivity (Wildman–Crippen MR) is 102 cm³/mol. The Morgan fingerprint density at radius 2 is 1.91 bits per heavy atom. The largest absolute Gasteiger partial charge is 0.365 e. The minimum absolute atomic E-state index is 0.0681. The summed E-state index contributed by atoms with van der Waals surface area (Å²) >= 11 is 3.50. The summed E-state index contributed by atoms with van der Waals surface area (Å²) in [5.74, 6) is 0.286. The van der Waals surface area contributed by atoms with Gasteiger partial charge in [0.05, 0.1) is 6.10 Å². The van der Waals surface area contributed by atoms with Gasteiger partial charge in [0.1, 0.15) is 11.9 Å². The Kier molecular flexibility index (Phi) is 8.49. The number of alkyl halides is 1. The van der Waals surface area contributed by atoms with Crippen molar-refractivity contribution in [2.24, 2.45) is 5.92 Å². The zero-order valence-electron chi connectivity index (χ0n) is 15.2. The highest BCUT2D eigenvalue weighted by atomic mass is 79.9. The highest BCUT2D eigenvalue weighted by Gasteiger charge is 2.50. The smallest absolute Gasteiger partial charge is 0.146 e. The molecule has 2 atom stereocenters. The van der Waals surface area contributed by atoms with Gasteiger partial charge in [-0.3, -0.25) is 4.79 Å². The Bertz CT molecular complexity index is 488. The van der Waals surface area contributed by atoms with E-state index in [-0.39, 0.29) is 11.5 Å². The second-order valence-corrected chi connectivity index (χ2v) is 7.69. The van der Waals surface area contributed by atoms with Gasteiger partial charge in [-0.2, -0.15) is 0 Å². The quantitative estimate of drug-likeness (QED) is 0.120. The minimum atomic E-state index is 0.0681. The first kappa shape index (κ1) is 20.4. The van der Waals surface area contributed by atoms with E-state index in [1.165, 1.54) is 11.1 Å². The number of epoxide rings is 1. The molecule has 1 aliphatic rings. The van der Waals surface area contributed by atoms with Gasteiger partial charge in [0.15, 0.2) is 0 Å². The van der Waals surface area contributed by atoms with E-state index in [1.54, 1.807) is 0 Å². The zero-order chi connectivity index (χ0) is 17.5. The number of allylic oxidation sites excluding steroid dienone is 6. The van der Waals surface area contributed by atoms with Crippen LogP contribution in [0.4, 0.5) is 0 Å². The number of ether oxygens (including phenoxy) is 1. The lowest BCUT2D eigenvalue weighted by atomic mass is 10.0. The molecule has 0 N–H and O–H groups in total. The first-order valence-electron chi connectivity index (χ1n) is 8.54. The number of rotatable bonds is 10. The fourth-order valence-corrected chi connectivity index (χ4v) is 2.96. The van der Waals surface area contributed by atoms with Crippen molar-refractivity contribution < 1.29 is 9.53 Å². The molecule has 1 rings (SSSR count). The van der Waals surface area contributed by atoms with Crippen LogP contribution >= 0.6 is 15.9 Å². The molecule has 1 heterocycles. The standard InChI is InChI=1S/C20H31BrO2/c1-15(2)18(13-22)11-9-16(3)7-6-8-17(4)10-12-19-20(5,14-21)23-19/h8-9,11,13,15,19H,6-7,10,12,14H2,1-5H3/b16-9+,17-8+,18-11+/t19-,20-/m0/s1. The second-order valence-electron chi connectivity index (χ2n) is 7.13. The van der Waals surface area contributed by atoms with Crippen molar-refractivity contribution in [3.8, 4) is 0 Å². The molecule has 0 saturated carbocycles. The van der Waals surface area contributed by atoms with Gasteiger partial charge in [0.25, 0.3) is 0 Å². The number of halogens is 1. The van der Waals surface area contributed by atoms with Crippen LogP contribution in [0, 0.1) is 5.92 Å². The Balaban J connectivity index is 2.32. The Morgan fingerprint density at radius 3 is 2.43 bits per heavy atom. The fraction of sp³-hybridized carbons (Fsp3) is 0.650. The molecule has 2 nitrogen and oxygen atoms in total. The van der Waals surface area contributed by atoms with Crippen molar-refractivity contribution >= 4 is 22.2 Å². The molecule has 130 valence electrons. The van der Waals surface area contributed by atoms with Crippen LogP contribution in [0.2, 0.25) is 0 Å². The van der Waals surface area contributed by atoms with Crippen molar-refractivity contribution in [3.05, 3.63) is 34.9 Å². The fourth-order valence-electron chi connectivity index (χ4n) is 2.47. The summed E-state index contributed by atoms with van der Waals surface area (Å²) in [6, 6.07) is 0. The molecular weight excluding hydrogens is 352 g/mol. The van der Waals surface area contributed by atoms with Crippen LogP contribution in [-0.4, -0.2) is 23.3 Å². The molecule has 0 bridgehead atoms. The topological polar surface area (TPSA) is 29.6 Å². The molecule has 0 radical (unpaired) electrons. The van der Waals surface area contributed by atoms with Crippen LogP contribution in [0.1, 0.15) is 60.3 Å². The van der Waals surface area contributed by atoms with E-state index in [9.17, 15) is 4.79 Å². The molecule has 0 unspecified atom stereocenters. The van der Waals surface area contributed by atoms with Crippen LogP contribution in [-0.2, 0) is 9.53 Å². The van der Waals surface area contributed by atoms with Crippen LogP contribution in [0.25, 0.3) is 0 Å². The van der Waals surface area contributed by atoms with Gasteiger partial charge in [-0.25, -0.2) is 0 Å². The number of aldehydes is 1. The SMILES string of the molecule is C/C(=C\C=C(/C=O)C(C)C)CC/C=C(\C)CC[C@@H]1O[C@@]1(C)CBr. The summed E-state index contributed by atoms with van der Waals surface area (Å²) < 4.78 is 5.71. The van der Waals surface area contributed by atoms with Crippen molar-refractivity contribution in [1.82, 2.24) is 0 Å². The number of hydrogen-bond donors (Lipinski definition) is 0. The predicted octanol–water partition coefficient (Wildman–Crippen LogP) is 5.77. The summed E-state index contributed by atoms with van der Waals surface area (Å²) in [5, 5.41) is 0.921. The Hall–Kier alpha value is -0.670. The monoisotopic (exact) mass is 382 g/mol. The van der Waals surface area contributed by atoms with Crippen molar-refractivity contribution in [2.75, 3.05) is 5.33 Å². The minimum Gasteiger partial charge on any atom is -0.365 e. The lowest BCUT2D eigenvalue weighted by Gasteiger charge is -2.03. The van der Waals surface area contributed by atoms with Gasteiger partial charge in [-0.15, -0.1) is 0 Å². The van der Waals surface area contributed by atoms with Crippen LogP contribution in [0.5, 0.6) is 0 Å². The molecule has 23 heavy (non-hydrogen) atoms. The van der Waals surface area contributed by atoms with Gasteiger partial charge >= 0.3 is 0 Å². The van der Waals surface area contributed by atoms with E-state index in [2.05, 4.69) is 48.9 Å². The molecule has 0 amide bonds.